The molecule has 5 nitrogen and oxygen atoms in total. The lowest BCUT2D eigenvalue weighted by molar-refractivity contribution is 0.102. The summed E-state index contributed by atoms with van der Waals surface area (Å²) in [7, 11) is 1.76. The van der Waals surface area contributed by atoms with Crippen LogP contribution in [0.5, 0.6) is 0 Å². The average molecular weight is 287 g/mol. The summed E-state index contributed by atoms with van der Waals surface area (Å²) >= 11 is 6.04. The predicted molar refractivity (Wildman–Crippen MR) is 77.9 cm³/mol. The zero-order chi connectivity index (χ0) is 14.1. The number of fused-ring (bicyclic) bond motifs is 1. The van der Waals surface area contributed by atoms with Gasteiger partial charge < -0.3 is 5.32 Å². The summed E-state index contributed by atoms with van der Waals surface area (Å²) in [5.41, 5.74) is 0.478. The smallest absolute Gasteiger partial charge is 0.259 e. The van der Waals surface area contributed by atoms with Gasteiger partial charge in [0.25, 0.3) is 5.91 Å². The van der Waals surface area contributed by atoms with Crippen LogP contribution < -0.4 is 5.32 Å². The number of nitrogens with one attached hydrogen (secondary N) is 1. The molecule has 0 fully saturated rings. The molecule has 0 aliphatic carbocycles. The lowest BCUT2D eigenvalue weighted by Gasteiger charge is -2.08. The molecule has 3 aromatic rings. The average Bonchev–Trinajstić information content (AvgIpc) is 2.85. The van der Waals surface area contributed by atoms with Crippen molar-refractivity contribution in [3.8, 4) is 0 Å². The highest BCUT2D eigenvalue weighted by Crippen LogP contribution is 2.24. The fourth-order valence-corrected chi connectivity index (χ4v) is 2.23. The monoisotopic (exact) mass is 286 g/mol. The quantitative estimate of drug-likeness (QED) is 0.737. The van der Waals surface area contributed by atoms with Crippen LogP contribution in [0, 0.1) is 0 Å². The third kappa shape index (κ3) is 2.12. The number of rotatable bonds is 2. The van der Waals surface area contributed by atoms with E-state index in [0.717, 1.165) is 10.8 Å². The number of anilines is 1. The van der Waals surface area contributed by atoms with E-state index in [-0.39, 0.29) is 5.91 Å². The molecule has 0 bridgehead atoms. The molecule has 1 N–H and O–H groups in total. The van der Waals surface area contributed by atoms with Gasteiger partial charge in [-0.2, -0.15) is 5.10 Å². The number of pyridine rings is 1. The van der Waals surface area contributed by atoms with Crippen LogP contribution in [0.25, 0.3) is 10.8 Å². The lowest BCUT2D eigenvalue weighted by Crippen LogP contribution is -2.15. The van der Waals surface area contributed by atoms with Crippen LogP contribution in [-0.4, -0.2) is 20.7 Å². The molecule has 2 heterocycles. The van der Waals surface area contributed by atoms with Crippen LogP contribution in [0.15, 0.2) is 42.7 Å². The first-order valence-corrected chi connectivity index (χ1v) is 6.37. The number of benzene rings is 1. The van der Waals surface area contributed by atoms with Crippen molar-refractivity contribution >= 4 is 34.1 Å². The Labute approximate surface area is 120 Å². The minimum atomic E-state index is -0.242. The second-order valence-corrected chi connectivity index (χ2v) is 4.66. The van der Waals surface area contributed by atoms with Crippen molar-refractivity contribution in [2.75, 3.05) is 5.32 Å². The summed E-state index contributed by atoms with van der Waals surface area (Å²) in [6, 6.07) is 9.13. The molecule has 1 amide bonds. The van der Waals surface area contributed by atoms with E-state index < -0.39 is 0 Å². The topological polar surface area (TPSA) is 59.8 Å². The first kappa shape index (κ1) is 12.6. The number of carbonyl (C=O) groups excluding carboxylic acids is 1. The SMILES string of the molecule is Cn1nccc1NC(=O)c1cnc(Cl)c2ccccc12. The van der Waals surface area contributed by atoms with Crippen LogP contribution >= 0.6 is 11.6 Å². The summed E-state index contributed by atoms with van der Waals surface area (Å²) < 4.78 is 1.59. The van der Waals surface area contributed by atoms with Crippen LogP contribution in [0.2, 0.25) is 5.15 Å². The Morgan fingerprint density at radius 3 is 2.70 bits per heavy atom. The van der Waals surface area contributed by atoms with Gasteiger partial charge in [-0.3, -0.25) is 9.48 Å². The molecule has 2 aromatic heterocycles. The summed E-state index contributed by atoms with van der Waals surface area (Å²) in [6.45, 7) is 0. The van der Waals surface area contributed by atoms with Gasteiger partial charge in [0.2, 0.25) is 0 Å². The van der Waals surface area contributed by atoms with Crippen molar-refractivity contribution < 1.29 is 4.79 Å². The highest BCUT2D eigenvalue weighted by atomic mass is 35.5. The molecular weight excluding hydrogens is 276 g/mol. The first-order valence-electron chi connectivity index (χ1n) is 5.99. The van der Waals surface area contributed by atoms with E-state index in [9.17, 15) is 4.79 Å². The van der Waals surface area contributed by atoms with Gasteiger partial charge in [-0.1, -0.05) is 35.9 Å². The van der Waals surface area contributed by atoms with E-state index in [1.807, 2.05) is 24.3 Å². The standard InChI is InChI=1S/C14H11ClN4O/c1-19-12(6-7-17-19)18-14(20)11-8-16-13(15)10-5-3-2-4-9(10)11/h2-8H,1H3,(H,18,20). The van der Waals surface area contributed by atoms with Crippen molar-refractivity contribution in [3.05, 3.63) is 53.4 Å². The summed E-state index contributed by atoms with van der Waals surface area (Å²) in [4.78, 5) is 16.4. The van der Waals surface area contributed by atoms with Crippen molar-refractivity contribution in [1.29, 1.82) is 0 Å². The van der Waals surface area contributed by atoms with E-state index >= 15 is 0 Å². The third-order valence-corrected chi connectivity index (χ3v) is 3.35. The Kier molecular flexibility index (Phi) is 3.12. The fourth-order valence-electron chi connectivity index (χ4n) is 2.02. The van der Waals surface area contributed by atoms with Crippen LogP contribution in [-0.2, 0) is 7.05 Å². The molecule has 0 atom stereocenters. The summed E-state index contributed by atoms with van der Waals surface area (Å²) in [6.07, 6.45) is 3.10. The summed E-state index contributed by atoms with van der Waals surface area (Å²) in [5, 5.41) is 8.72. The van der Waals surface area contributed by atoms with Crippen molar-refractivity contribution in [2.45, 2.75) is 0 Å². The van der Waals surface area contributed by atoms with Gasteiger partial charge in [0.05, 0.1) is 11.8 Å². The second kappa shape index (κ2) is 4.94. The highest BCUT2D eigenvalue weighted by molar-refractivity contribution is 6.35. The molecule has 1 aromatic carbocycles. The van der Waals surface area contributed by atoms with Crippen molar-refractivity contribution in [2.24, 2.45) is 7.05 Å². The maximum Gasteiger partial charge on any atom is 0.259 e. The Hall–Kier alpha value is -2.40. The van der Waals surface area contributed by atoms with Crippen LogP contribution in [0.1, 0.15) is 10.4 Å². The number of amides is 1. The molecule has 0 spiro atoms. The number of hydrogen-bond acceptors (Lipinski definition) is 3. The van der Waals surface area contributed by atoms with E-state index in [0.29, 0.717) is 16.5 Å². The largest absolute Gasteiger partial charge is 0.307 e. The Bertz CT molecular complexity index is 797. The highest BCUT2D eigenvalue weighted by Gasteiger charge is 2.13. The normalized spacial score (nSPS) is 10.7. The maximum atomic E-state index is 12.4. The number of hydrogen-bond donors (Lipinski definition) is 1. The molecule has 0 aliphatic rings. The molecule has 0 saturated heterocycles. The number of aryl methyl sites for hydroxylation is 1. The Balaban J connectivity index is 2.04. The van der Waals surface area contributed by atoms with Gasteiger partial charge in [-0.15, -0.1) is 0 Å². The predicted octanol–water partition coefficient (Wildman–Crippen LogP) is 2.87. The van der Waals surface area contributed by atoms with Gasteiger partial charge in [0.1, 0.15) is 11.0 Å². The molecule has 100 valence electrons. The zero-order valence-electron chi connectivity index (χ0n) is 10.7. The molecule has 0 saturated carbocycles. The number of aromatic nitrogens is 3. The molecule has 6 heteroatoms. The van der Waals surface area contributed by atoms with Gasteiger partial charge in [-0.25, -0.2) is 4.98 Å². The van der Waals surface area contributed by atoms with Crippen LogP contribution in [0.4, 0.5) is 5.82 Å². The second-order valence-electron chi connectivity index (χ2n) is 4.30. The molecule has 20 heavy (non-hydrogen) atoms. The zero-order valence-corrected chi connectivity index (χ0v) is 11.4. The van der Waals surface area contributed by atoms with E-state index in [4.69, 9.17) is 11.6 Å². The number of carbonyl (C=O) groups is 1. The molecular formula is C14H11ClN4O. The summed E-state index contributed by atoms with van der Waals surface area (Å²) in [5.74, 6) is 0.378. The first-order chi connectivity index (χ1) is 9.66. The van der Waals surface area contributed by atoms with E-state index in [1.54, 1.807) is 24.0 Å². The molecule has 0 unspecified atom stereocenters. The van der Waals surface area contributed by atoms with Gasteiger partial charge in [0, 0.05) is 24.7 Å². The van der Waals surface area contributed by atoms with Gasteiger partial charge in [0.15, 0.2) is 0 Å². The lowest BCUT2D eigenvalue weighted by atomic mass is 10.1. The van der Waals surface area contributed by atoms with Gasteiger partial charge in [-0.05, 0) is 5.39 Å². The minimum absolute atomic E-state index is 0.242. The fraction of sp³-hybridized carbons (Fsp3) is 0.0714. The molecule has 0 radical (unpaired) electrons. The van der Waals surface area contributed by atoms with E-state index in [2.05, 4.69) is 15.4 Å². The van der Waals surface area contributed by atoms with Crippen molar-refractivity contribution in [3.63, 3.8) is 0 Å². The Morgan fingerprint density at radius 1 is 1.25 bits per heavy atom. The van der Waals surface area contributed by atoms with Gasteiger partial charge >= 0.3 is 0 Å². The molecule has 3 rings (SSSR count). The van der Waals surface area contributed by atoms with E-state index in [1.165, 1.54) is 6.20 Å². The maximum absolute atomic E-state index is 12.4. The van der Waals surface area contributed by atoms with Crippen LogP contribution in [0.3, 0.4) is 0 Å². The minimum Gasteiger partial charge on any atom is -0.307 e. The Morgan fingerprint density at radius 2 is 2.00 bits per heavy atom. The molecule has 0 aliphatic heterocycles. The number of halogens is 1. The third-order valence-electron chi connectivity index (χ3n) is 3.05. The van der Waals surface area contributed by atoms with Crippen molar-refractivity contribution in [1.82, 2.24) is 14.8 Å². The number of nitrogens with zero attached hydrogens (tertiary/aromatic N) is 3.